The normalized spacial score (nSPS) is 12.6. The summed E-state index contributed by atoms with van der Waals surface area (Å²) in [5, 5.41) is 13.8. The van der Waals surface area contributed by atoms with Gasteiger partial charge in [0, 0.05) is 12.5 Å². The van der Waals surface area contributed by atoms with Gasteiger partial charge in [-0.15, -0.1) is 0 Å². The Morgan fingerprint density at radius 1 is 0.969 bits per heavy atom. The lowest BCUT2D eigenvalue weighted by atomic mass is 9.98. The monoisotopic (exact) mass is 440 g/mol. The number of carbonyl (C=O) groups is 3. The van der Waals surface area contributed by atoms with Crippen LogP contribution in [-0.2, 0) is 19.1 Å². The number of aliphatic carboxylic acids is 1. The zero-order valence-corrected chi connectivity index (χ0v) is 18.2. The van der Waals surface area contributed by atoms with Crippen LogP contribution >= 0.6 is 0 Å². The van der Waals surface area contributed by atoms with Crippen molar-refractivity contribution in [2.45, 2.75) is 31.7 Å². The first-order valence-electron chi connectivity index (χ1n) is 10.5. The molecule has 0 radical (unpaired) electrons. The maximum atomic E-state index is 12.4. The molecule has 0 heterocycles. The van der Waals surface area contributed by atoms with Crippen LogP contribution in [0.2, 0.25) is 0 Å². The second-order valence-electron chi connectivity index (χ2n) is 8.09. The third kappa shape index (κ3) is 5.64. The molecule has 0 aromatic heterocycles. The Hall–Kier alpha value is -3.39. The summed E-state index contributed by atoms with van der Waals surface area (Å²) in [7, 11) is 0. The SMILES string of the molecule is CC(C)(NC(=O)OCC1c2ccccc2-c2ccccc21)C(=O)NCCOCCC(=O)O. The standard InChI is InChI=1S/C24H28N2O6/c1-24(2,22(29)25-12-14-31-13-11-21(27)28)26-23(30)32-15-20-18-9-5-3-7-16(18)17-8-4-6-10-19(17)20/h3-10,20H,11-15H2,1-2H3,(H,25,29)(H,26,30)(H,27,28). The lowest BCUT2D eigenvalue weighted by Crippen LogP contribution is -2.55. The summed E-state index contributed by atoms with van der Waals surface area (Å²) in [5.41, 5.74) is 3.32. The first-order chi connectivity index (χ1) is 15.3. The molecule has 0 bridgehead atoms. The average molecular weight is 440 g/mol. The summed E-state index contributed by atoms with van der Waals surface area (Å²) in [6, 6.07) is 16.1. The van der Waals surface area contributed by atoms with Gasteiger partial charge in [-0.3, -0.25) is 9.59 Å². The highest BCUT2D eigenvalue weighted by molar-refractivity contribution is 5.89. The van der Waals surface area contributed by atoms with E-state index in [-0.39, 0.29) is 38.7 Å². The fourth-order valence-electron chi connectivity index (χ4n) is 3.67. The second-order valence-corrected chi connectivity index (χ2v) is 8.09. The molecule has 0 spiro atoms. The molecular weight excluding hydrogens is 412 g/mol. The zero-order chi connectivity index (χ0) is 23.1. The molecule has 3 rings (SSSR count). The Morgan fingerprint density at radius 2 is 1.56 bits per heavy atom. The summed E-state index contributed by atoms with van der Waals surface area (Å²) < 4.78 is 10.6. The molecule has 8 heteroatoms. The summed E-state index contributed by atoms with van der Waals surface area (Å²) >= 11 is 0. The maximum absolute atomic E-state index is 12.4. The molecule has 2 amide bonds. The van der Waals surface area contributed by atoms with E-state index in [1.807, 2.05) is 36.4 Å². The van der Waals surface area contributed by atoms with E-state index in [0.29, 0.717) is 0 Å². The fourth-order valence-corrected chi connectivity index (χ4v) is 3.67. The van der Waals surface area contributed by atoms with E-state index in [9.17, 15) is 14.4 Å². The molecule has 32 heavy (non-hydrogen) atoms. The minimum atomic E-state index is -1.19. The molecule has 8 nitrogen and oxygen atoms in total. The minimum Gasteiger partial charge on any atom is -0.481 e. The van der Waals surface area contributed by atoms with Crippen molar-refractivity contribution in [3.05, 3.63) is 59.7 Å². The van der Waals surface area contributed by atoms with Gasteiger partial charge in [-0.1, -0.05) is 48.5 Å². The number of hydrogen-bond acceptors (Lipinski definition) is 5. The topological polar surface area (TPSA) is 114 Å². The second kappa shape index (κ2) is 10.3. The van der Waals surface area contributed by atoms with Crippen LogP contribution in [0.3, 0.4) is 0 Å². The number of rotatable bonds is 10. The van der Waals surface area contributed by atoms with Crippen molar-refractivity contribution in [2.75, 3.05) is 26.4 Å². The molecule has 2 aromatic carbocycles. The quantitative estimate of drug-likeness (QED) is 0.490. The number of carbonyl (C=O) groups excluding carboxylic acids is 2. The van der Waals surface area contributed by atoms with Crippen LogP contribution in [0.1, 0.15) is 37.3 Å². The lowest BCUT2D eigenvalue weighted by molar-refractivity contribution is -0.138. The van der Waals surface area contributed by atoms with Crippen molar-refractivity contribution >= 4 is 18.0 Å². The van der Waals surface area contributed by atoms with Gasteiger partial charge in [0.25, 0.3) is 0 Å². The molecule has 0 saturated carbocycles. The van der Waals surface area contributed by atoms with Crippen LogP contribution in [-0.4, -0.2) is 55.0 Å². The first kappa shape index (κ1) is 23.3. The van der Waals surface area contributed by atoms with Gasteiger partial charge in [0.05, 0.1) is 19.6 Å². The summed E-state index contributed by atoms with van der Waals surface area (Å²) in [4.78, 5) is 35.3. The Kier molecular flexibility index (Phi) is 7.48. The molecule has 0 aliphatic heterocycles. The summed E-state index contributed by atoms with van der Waals surface area (Å²) in [6.45, 7) is 3.78. The zero-order valence-electron chi connectivity index (χ0n) is 18.2. The summed E-state index contributed by atoms with van der Waals surface area (Å²) in [5.74, 6) is -1.40. The highest BCUT2D eigenvalue weighted by atomic mass is 16.5. The van der Waals surface area contributed by atoms with E-state index in [1.165, 1.54) is 0 Å². The number of amides is 2. The van der Waals surface area contributed by atoms with Gasteiger partial charge in [0.15, 0.2) is 0 Å². The van der Waals surface area contributed by atoms with E-state index in [1.54, 1.807) is 13.8 Å². The van der Waals surface area contributed by atoms with Gasteiger partial charge < -0.3 is 25.2 Å². The molecule has 0 saturated heterocycles. The number of carboxylic acid groups (broad SMARTS) is 1. The predicted molar refractivity (Wildman–Crippen MR) is 118 cm³/mol. The summed E-state index contributed by atoms with van der Waals surface area (Å²) in [6.07, 6.45) is -0.771. The third-order valence-electron chi connectivity index (χ3n) is 5.32. The van der Waals surface area contributed by atoms with Crippen molar-refractivity contribution in [2.24, 2.45) is 0 Å². The molecular formula is C24H28N2O6. The van der Waals surface area contributed by atoms with Crippen LogP contribution in [0.15, 0.2) is 48.5 Å². The predicted octanol–water partition coefficient (Wildman–Crippen LogP) is 2.91. The van der Waals surface area contributed by atoms with Gasteiger partial charge in [-0.05, 0) is 36.1 Å². The number of alkyl carbamates (subject to hydrolysis) is 1. The molecule has 1 aliphatic rings. The Morgan fingerprint density at radius 3 is 2.16 bits per heavy atom. The highest BCUT2D eigenvalue weighted by Crippen LogP contribution is 2.44. The number of carboxylic acids is 1. The minimum absolute atomic E-state index is 0.0620. The van der Waals surface area contributed by atoms with Gasteiger partial charge in [0.1, 0.15) is 12.1 Å². The molecule has 0 atom stereocenters. The van der Waals surface area contributed by atoms with Crippen molar-refractivity contribution in [3.63, 3.8) is 0 Å². The molecule has 0 fully saturated rings. The molecule has 0 unspecified atom stereocenters. The largest absolute Gasteiger partial charge is 0.481 e. The Labute approximate surface area is 186 Å². The highest BCUT2D eigenvalue weighted by Gasteiger charge is 2.32. The van der Waals surface area contributed by atoms with E-state index in [2.05, 4.69) is 22.8 Å². The van der Waals surface area contributed by atoms with Gasteiger partial charge >= 0.3 is 12.1 Å². The number of ether oxygens (including phenoxy) is 2. The average Bonchev–Trinajstić information content (AvgIpc) is 3.08. The number of nitrogens with one attached hydrogen (secondary N) is 2. The molecule has 170 valence electrons. The van der Waals surface area contributed by atoms with Crippen LogP contribution in [0, 0.1) is 0 Å². The number of hydrogen-bond donors (Lipinski definition) is 3. The third-order valence-corrected chi connectivity index (χ3v) is 5.32. The van der Waals surface area contributed by atoms with E-state index in [0.717, 1.165) is 22.3 Å². The van der Waals surface area contributed by atoms with Crippen LogP contribution in [0.4, 0.5) is 4.79 Å². The van der Waals surface area contributed by atoms with E-state index < -0.39 is 23.5 Å². The van der Waals surface area contributed by atoms with Crippen molar-refractivity contribution in [3.8, 4) is 11.1 Å². The molecule has 1 aliphatic carbocycles. The van der Waals surface area contributed by atoms with Crippen molar-refractivity contribution < 1.29 is 29.0 Å². The van der Waals surface area contributed by atoms with Crippen LogP contribution in [0.5, 0.6) is 0 Å². The maximum Gasteiger partial charge on any atom is 0.408 e. The van der Waals surface area contributed by atoms with Crippen molar-refractivity contribution in [1.82, 2.24) is 10.6 Å². The number of benzene rings is 2. The van der Waals surface area contributed by atoms with Crippen LogP contribution in [0.25, 0.3) is 11.1 Å². The Balaban J connectivity index is 1.49. The van der Waals surface area contributed by atoms with Crippen LogP contribution < -0.4 is 10.6 Å². The molecule has 2 aromatic rings. The van der Waals surface area contributed by atoms with Gasteiger partial charge in [-0.2, -0.15) is 0 Å². The Bertz CT molecular complexity index is 942. The molecule has 3 N–H and O–H groups in total. The van der Waals surface area contributed by atoms with Gasteiger partial charge in [-0.25, -0.2) is 4.79 Å². The smallest absolute Gasteiger partial charge is 0.408 e. The fraction of sp³-hybridized carbons (Fsp3) is 0.375. The van der Waals surface area contributed by atoms with Gasteiger partial charge in [0.2, 0.25) is 5.91 Å². The lowest BCUT2D eigenvalue weighted by Gasteiger charge is -2.25. The first-order valence-corrected chi connectivity index (χ1v) is 10.5. The van der Waals surface area contributed by atoms with E-state index in [4.69, 9.17) is 14.6 Å². The van der Waals surface area contributed by atoms with E-state index >= 15 is 0 Å². The number of fused-ring (bicyclic) bond motifs is 3. The van der Waals surface area contributed by atoms with Crippen molar-refractivity contribution in [1.29, 1.82) is 0 Å².